The van der Waals surface area contributed by atoms with Gasteiger partial charge in [-0.05, 0) is 24.0 Å². The molecule has 3 aromatic rings. The van der Waals surface area contributed by atoms with E-state index in [1.807, 2.05) is 23.1 Å². The predicted molar refractivity (Wildman–Crippen MR) is 126 cm³/mol. The van der Waals surface area contributed by atoms with Crippen molar-refractivity contribution < 1.29 is 19.0 Å². The molecule has 2 aromatic heterocycles. The molecule has 0 spiro atoms. The number of anilines is 1. The molecule has 3 heterocycles. The molecule has 0 unspecified atom stereocenters. The number of thioether (sulfide) groups is 1. The summed E-state index contributed by atoms with van der Waals surface area (Å²) in [6.45, 7) is 3.89. The van der Waals surface area contributed by atoms with Gasteiger partial charge in [-0.2, -0.15) is 5.10 Å². The number of benzene rings is 1. The van der Waals surface area contributed by atoms with Crippen molar-refractivity contribution in [3.05, 3.63) is 30.0 Å². The second-order valence-corrected chi connectivity index (χ2v) is 8.23. The van der Waals surface area contributed by atoms with E-state index >= 15 is 0 Å². The van der Waals surface area contributed by atoms with E-state index in [9.17, 15) is 4.79 Å². The maximum absolute atomic E-state index is 12.5. The molecule has 1 N–H and O–H groups in total. The van der Waals surface area contributed by atoms with Crippen molar-refractivity contribution in [2.24, 2.45) is 0 Å². The molecule has 11 heteroatoms. The Morgan fingerprint density at radius 1 is 1.18 bits per heavy atom. The molecule has 1 saturated heterocycles. The van der Waals surface area contributed by atoms with Gasteiger partial charge >= 0.3 is 0 Å². The molecule has 1 amide bonds. The van der Waals surface area contributed by atoms with Crippen LogP contribution < -0.4 is 19.7 Å². The molecular formula is C22H28N6O4S. The Kier molecular flexibility index (Phi) is 7.50. The SMILES string of the molecule is COc1ccc(CC(=O)NCCn2ncc3c(N4CCOCC4)nc(SC)nc32)cc1OC. The molecule has 0 atom stereocenters. The van der Waals surface area contributed by atoms with Crippen molar-refractivity contribution in [3.8, 4) is 11.5 Å². The monoisotopic (exact) mass is 472 g/mol. The summed E-state index contributed by atoms with van der Waals surface area (Å²) in [6, 6.07) is 5.47. The lowest BCUT2D eigenvalue weighted by Gasteiger charge is -2.28. The quantitative estimate of drug-likeness (QED) is 0.368. The summed E-state index contributed by atoms with van der Waals surface area (Å²) in [5, 5.41) is 9.08. The maximum Gasteiger partial charge on any atom is 0.224 e. The predicted octanol–water partition coefficient (Wildman–Crippen LogP) is 1.76. The Labute approximate surface area is 196 Å². The summed E-state index contributed by atoms with van der Waals surface area (Å²) >= 11 is 1.50. The minimum Gasteiger partial charge on any atom is -0.493 e. The molecule has 0 bridgehead atoms. The third kappa shape index (κ3) is 5.31. The van der Waals surface area contributed by atoms with Crippen LogP contribution in [0.5, 0.6) is 11.5 Å². The number of morpholine rings is 1. The average molecular weight is 473 g/mol. The second-order valence-electron chi connectivity index (χ2n) is 7.45. The van der Waals surface area contributed by atoms with Crippen LogP contribution in [0.2, 0.25) is 0 Å². The summed E-state index contributed by atoms with van der Waals surface area (Å²) in [5.41, 5.74) is 1.62. The largest absolute Gasteiger partial charge is 0.493 e. The molecule has 4 rings (SSSR count). The molecule has 10 nitrogen and oxygen atoms in total. The summed E-state index contributed by atoms with van der Waals surface area (Å²) < 4.78 is 17.8. The zero-order valence-corrected chi connectivity index (χ0v) is 19.9. The molecule has 1 aromatic carbocycles. The van der Waals surface area contributed by atoms with Crippen molar-refractivity contribution >= 4 is 34.5 Å². The van der Waals surface area contributed by atoms with E-state index in [1.54, 1.807) is 26.5 Å². The van der Waals surface area contributed by atoms with Crippen molar-refractivity contribution in [2.45, 2.75) is 18.1 Å². The van der Waals surface area contributed by atoms with Crippen LogP contribution in [0.25, 0.3) is 11.0 Å². The van der Waals surface area contributed by atoms with E-state index in [2.05, 4.69) is 20.3 Å². The highest BCUT2D eigenvalue weighted by Gasteiger charge is 2.20. The van der Waals surface area contributed by atoms with Gasteiger partial charge in [0, 0.05) is 19.6 Å². The molecule has 33 heavy (non-hydrogen) atoms. The topological polar surface area (TPSA) is 104 Å². The van der Waals surface area contributed by atoms with Crippen LogP contribution in [-0.2, 0) is 22.5 Å². The van der Waals surface area contributed by atoms with Gasteiger partial charge in [0.15, 0.2) is 22.3 Å². The van der Waals surface area contributed by atoms with Crippen LogP contribution in [0.15, 0.2) is 29.6 Å². The Balaban J connectivity index is 1.41. The Morgan fingerprint density at radius 3 is 2.70 bits per heavy atom. The molecular weight excluding hydrogens is 444 g/mol. The van der Waals surface area contributed by atoms with Gasteiger partial charge in [0.2, 0.25) is 5.91 Å². The van der Waals surface area contributed by atoms with Gasteiger partial charge in [0.05, 0.1) is 52.0 Å². The number of rotatable bonds is 9. The van der Waals surface area contributed by atoms with Gasteiger partial charge in [-0.1, -0.05) is 17.8 Å². The lowest BCUT2D eigenvalue weighted by atomic mass is 10.1. The molecule has 0 saturated carbocycles. The number of methoxy groups -OCH3 is 2. The minimum absolute atomic E-state index is 0.0767. The lowest BCUT2D eigenvalue weighted by Crippen LogP contribution is -2.37. The van der Waals surface area contributed by atoms with Gasteiger partial charge in [-0.3, -0.25) is 4.79 Å². The summed E-state index contributed by atoms with van der Waals surface area (Å²) in [6.07, 6.45) is 4.01. The number of hydrogen-bond acceptors (Lipinski definition) is 9. The fourth-order valence-corrected chi connectivity index (χ4v) is 4.09. The zero-order chi connectivity index (χ0) is 23.2. The molecule has 0 radical (unpaired) electrons. The molecule has 1 aliphatic heterocycles. The first kappa shape index (κ1) is 23.1. The van der Waals surface area contributed by atoms with E-state index in [0.29, 0.717) is 43.0 Å². The van der Waals surface area contributed by atoms with E-state index < -0.39 is 0 Å². The van der Waals surface area contributed by atoms with E-state index in [4.69, 9.17) is 19.2 Å². The first-order valence-electron chi connectivity index (χ1n) is 10.7. The Morgan fingerprint density at radius 2 is 1.97 bits per heavy atom. The number of fused-ring (bicyclic) bond motifs is 1. The Hall–Kier alpha value is -3.05. The minimum atomic E-state index is -0.0767. The van der Waals surface area contributed by atoms with Crippen LogP contribution in [0, 0.1) is 0 Å². The zero-order valence-electron chi connectivity index (χ0n) is 19.0. The van der Waals surface area contributed by atoms with Crippen LogP contribution in [-0.4, -0.2) is 79.0 Å². The molecule has 1 aliphatic rings. The molecule has 176 valence electrons. The smallest absolute Gasteiger partial charge is 0.224 e. The first-order chi connectivity index (χ1) is 16.1. The number of amides is 1. The van der Waals surface area contributed by atoms with Crippen LogP contribution in [0.1, 0.15) is 5.56 Å². The number of ether oxygens (including phenoxy) is 3. The number of nitrogens with zero attached hydrogens (tertiary/aromatic N) is 5. The highest BCUT2D eigenvalue weighted by molar-refractivity contribution is 7.98. The first-order valence-corrected chi connectivity index (χ1v) is 11.9. The third-order valence-electron chi connectivity index (χ3n) is 5.41. The highest BCUT2D eigenvalue weighted by atomic mass is 32.2. The van der Waals surface area contributed by atoms with Crippen LogP contribution in [0.3, 0.4) is 0 Å². The summed E-state index contributed by atoms with van der Waals surface area (Å²) in [4.78, 5) is 24.1. The number of nitrogens with one attached hydrogen (secondary N) is 1. The number of carbonyl (C=O) groups is 1. The van der Waals surface area contributed by atoms with Crippen molar-refractivity contribution in [1.82, 2.24) is 25.1 Å². The van der Waals surface area contributed by atoms with Crippen LogP contribution >= 0.6 is 11.8 Å². The third-order valence-corrected chi connectivity index (χ3v) is 5.95. The standard InChI is InChI=1S/C22H28N6O4S/c1-30-17-5-4-15(12-18(17)31-2)13-19(29)23-6-7-28-21-16(14-24-28)20(25-22(26-21)33-3)27-8-10-32-11-9-27/h4-5,12,14H,6-11,13H2,1-3H3,(H,23,29). The van der Waals surface area contributed by atoms with Crippen LogP contribution in [0.4, 0.5) is 5.82 Å². The molecule has 1 fully saturated rings. The summed E-state index contributed by atoms with van der Waals surface area (Å²) in [5.74, 6) is 2.05. The van der Waals surface area contributed by atoms with Crippen molar-refractivity contribution in [2.75, 3.05) is 58.2 Å². The van der Waals surface area contributed by atoms with Gasteiger partial charge in [0.1, 0.15) is 5.82 Å². The lowest BCUT2D eigenvalue weighted by molar-refractivity contribution is -0.120. The number of carbonyl (C=O) groups excluding carboxylic acids is 1. The van der Waals surface area contributed by atoms with E-state index in [0.717, 1.165) is 35.5 Å². The van der Waals surface area contributed by atoms with E-state index in [1.165, 1.54) is 11.8 Å². The fourth-order valence-electron chi connectivity index (χ4n) is 3.73. The van der Waals surface area contributed by atoms with Gasteiger partial charge in [-0.15, -0.1) is 0 Å². The summed E-state index contributed by atoms with van der Waals surface area (Å²) in [7, 11) is 3.16. The van der Waals surface area contributed by atoms with Gasteiger partial charge in [0.25, 0.3) is 0 Å². The second kappa shape index (κ2) is 10.7. The molecule has 0 aliphatic carbocycles. The van der Waals surface area contributed by atoms with Crippen molar-refractivity contribution in [1.29, 1.82) is 0 Å². The fraction of sp³-hybridized carbons (Fsp3) is 0.455. The number of aromatic nitrogens is 4. The number of hydrogen-bond donors (Lipinski definition) is 1. The van der Waals surface area contributed by atoms with Gasteiger partial charge < -0.3 is 24.4 Å². The normalized spacial score (nSPS) is 13.8. The highest BCUT2D eigenvalue weighted by Crippen LogP contribution is 2.28. The average Bonchev–Trinajstić information content (AvgIpc) is 3.26. The maximum atomic E-state index is 12.5. The van der Waals surface area contributed by atoms with Gasteiger partial charge in [-0.25, -0.2) is 14.6 Å². The Bertz CT molecular complexity index is 1120. The van der Waals surface area contributed by atoms with E-state index in [-0.39, 0.29) is 12.3 Å². The van der Waals surface area contributed by atoms with Crippen molar-refractivity contribution in [3.63, 3.8) is 0 Å².